The molecule has 1 aliphatic carbocycles. The van der Waals surface area contributed by atoms with E-state index in [4.69, 9.17) is 0 Å². The Morgan fingerprint density at radius 1 is 0.733 bits per heavy atom. The number of aromatic nitrogens is 1. The van der Waals surface area contributed by atoms with E-state index in [-0.39, 0.29) is 25.7 Å². The predicted octanol–water partition coefficient (Wildman–Crippen LogP) is 6.55. The first-order valence-electron chi connectivity index (χ1n) is 8.61. The van der Waals surface area contributed by atoms with E-state index in [0.717, 1.165) is 22.0 Å². The molecule has 5 rings (SSSR count). The summed E-state index contributed by atoms with van der Waals surface area (Å²) in [4.78, 5) is 4.60. The van der Waals surface area contributed by atoms with E-state index in [1.807, 2.05) is 36.4 Å². The van der Waals surface area contributed by atoms with Gasteiger partial charge in [0.05, 0.1) is 5.52 Å². The summed E-state index contributed by atoms with van der Waals surface area (Å²) in [6, 6.07) is 14.4. The first-order valence-corrected chi connectivity index (χ1v) is 8.61. The maximum absolute atomic E-state index is 14.0. The second-order valence-electron chi connectivity index (χ2n) is 6.61. The molecule has 7 heteroatoms. The van der Waals surface area contributed by atoms with Gasteiger partial charge in [0.15, 0.2) is 29.1 Å². The molecule has 1 aliphatic rings. The summed E-state index contributed by atoms with van der Waals surface area (Å²) in [6.07, 6.45) is 3.95. The van der Waals surface area contributed by atoms with Gasteiger partial charge in [0.25, 0.3) is 0 Å². The zero-order valence-electron chi connectivity index (χ0n) is 14.9. The van der Waals surface area contributed by atoms with Crippen molar-refractivity contribution in [3.63, 3.8) is 0 Å². The first kappa shape index (κ1) is 20.4. The van der Waals surface area contributed by atoms with Gasteiger partial charge in [-0.2, -0.15) is 0 Å². The van der Waals surface area contributed by atoms with E-state index >= 15 is 0 Å². The van der Waals surface area contributed by atoms with Crippen LogP contribution >= 0.6 is 0 Å². The average molecular weight is 587 g/mol. The van der Waals surface area contributed by atoms with Crippen LogP contribution in [-0.2, 0) is 20.1 Å². The molecule has 4 aromatic rings. The molecule has 1 radical (unpaired) electrons. The quantitative estimate of drug-likeness (QED) is 0.0991. The molecule has 0 aliphatic heterocycles. The number of pyridine rings is 1. The molecular weight excluding hydrogens is 577 g/mol. The van der Waals surface area contributed by atoms with Crippen molar-refractivity contribution in [2.24, 2.45) is 0 Å². The Morgan fingerprint density at radius 2 is 1.40 bits per heavy atom. The Balaban J connectivity index is 0.00000218. The predicted molar refractivity (Wildman–Crippen MR) is 100 cm³/mol. The minimum atomic E-state index is -2.19. The largest absolute Gasteiger partial charge is 0.296 e. The van der Waals surface area contributed by atoms with Crippen molar-refractivity contribution in [2.45, 2.75) is 0 Å². The van der Waals surface area contributed by atoms with Crippen molar-refractivity contribution in [1.29, 1.82) is 0 Å². The molecule has 3 aromatic carbocycles. The van der Waals surface area contributed by atoms with Crippen LogP contribution in [0, 0.1) is 35.2 Å². The summed E-state index contributed by atoms with van der Waals surface area (Å²) in [5, 5.41) is 1.04. The van der Waals surface area contributed by atoms with Gasteiger partial charge < -0.3 is 0 Å². The molecule has 1 heterocycles. The molecule has 30 heavy (non-hydrogen) atoms. The third kappa shape index (κ3) is 2.97. The average Bonchev–Trinajstić information content (AvgIpc) is 3.16. The van der Waals surface area contributed by atoms with Crippen molar-refractivity contribution in [1.82, 2.24) is 4.98 Å². The van der Waals surface area contributed by atoms with Crippen molar-refractivity contribution in [2.75, 3.05) is 0 Å². The molecule has 0 fully saturated rings. The molecular formula is C23H9F5IrN-. The monoisotopic (exact) mass is 587 g/mol. The number of benzene rings is 3. The van der Waals surface area contributed by atoms with Crippen LogP contribution in [-0.4, -0.2) is 4.98 Å². The van der Waals surface area contributed by atoms with Gasteiger partial charge >= 0.3 is 0 Å². The van der Waals surface area contributed by atoms with Crippen LogP contribution in [0.2, 0.25) is 0 Å². The molecule has 0 bridgehead atoms. The van der Waals surface area contributed by atoms with Gasteiger partial charge in [-0.15, -0.1) is 29.8 Å². The van der Waals surface area contributed by atoms with E-state index in [1.54, 1.807) is 0 Å². The number of halogens is 5. The minimum absolute atomic E-state index is 0. The summed E-state index contributed by atoms with van der Waals surface area (Å²) in [6.45, 7) is 0. The molecule has 0 amide bonds. The van der Waals surface area contributed by atoms with Crippen LogP contribution in [0.5, 0.6) is 0 Å². The smallest absolute Gasteiger partial charge is 0.200 e. The standard InChI is InChI=1S/C23H9F5N.Ir/c24-19-18(20(25)22(27)23(28)21(19)26)13-6-4-11(5-7-13)16-10-14-9-8-12-2-1-3-15(29-16)17(12)14;/h1-4,6-10H;/q-1;. The van der Waals surface area contributed by atoms with Gasteiger partial charge in [-0.25, -0.2) is 22.0 Å². The zero-order chi connectivity index (χ0) is 20.3. The summed E-state index contributed by atoms with van der Waals surface area (Å²) in [5.74, 6) is -9.90. The fourth-order valence-electron chi connectivity index (χ4n) is 3.53. The van der Waals surface area contributed by atoms with E-state index in [1.165, 1.54) is 18.2 Å². The normalized spacial score (nSPS) is 11.8. The van der Waals surface area contributed by atoms with Crippen molar-refractivity contribution in [3.8, 4) is 22.4 Å². The molecule has 0 atom stereocenters. The van der Waals surface area contributed by atoms with Crippen LogP contribution in [0.15, 0.2) is 42.5 Å². The fourth-order valence-corrected chi connectivity index (χ4v) is 3.53. The molecule has 0 spiro atoms. The molecule has 0 saturated carbocycles. The van der Waals surface area contributed by atoms with Gasteiger partial charge in [-0.3, -0.25) is 4.98 Å². The Bertz CT molecular complexity index is 1320. The van der Waals surface area contributed by atoms with Crippen LogP contribution in [0.4, 0.5) is 22.0 Å². The second kappa shape index (κ2) is 7.42. The van der Waals surface area contributed by atoms with Gasteiger partial charge in [0.2, 0.25) is 0 Å². The van der Waals surface area contributed by atoms with Crippen LogP contribution in [0.3, 0.4) is 0 Å². The Morgan fingerprint density at radius 3 is 2.07 bits per heavy atom. The van der Waals surface area contributed by atoms with E-state index in [2.05, 4.69) is 11.1 Å². The third-order valence-electron chi connectivity index (χ3n) is 4.93. The zero-order valence-corrected chi connectivity index (χ0v) is 17.3. The first-order chi connectivity index (χ1) is 14.0. The fraction of sp³-hybridized carbons (Fsp3) is 0. The molecule has 151 valence electrons. The van der Waals surface area contributed by atoms with Gasteiger partial charge in [0, 0.05) is 31.1 Å². The maximum Gasteiger partial charge on any atom is 0.200 e. The third-order valence-corrected chi connectivity index (χ3v) is 4.93. The molecule has 1 nitrogen and oxygen atoms in total. The number of hydrogen-bond donors (Lipinski definition) is 0. The molecule has 0 saturated heterocycles. The Hall–Kier alpha value is -2.89. The number of nitrogens with zero attached hydrogens (tertiary/aromatic N) is 1. The summed E-state index contributed by atoms with van der Waals surface area (Å²) >= 11 is 0. The van der Waals surface area contributed by atoms with Crippen LogP contribution < -0.4 is 0 Å². The van der Waals surface area contributed by atoms with E-state index in [0.29, 0.717) is 11.3 Å². The van der Waals surface area contributed by atoms with Crippen molar-refractivity contribution in [3.05, 3.63) is 88.7 Å². The van der Waals surface area contributed by atoms with Crippen LogP contribution in [0.25, 0.3) is 45.4 Å². The van der Waals surface area contributed by atoms with Crippen LogP contribution in [0.1, 0.15) is 11.1 Å². The molecule has 0 unspecified atom stereocenters. The summed E-state index contributed by atoms with van der Waals surface area (Å²) in [5.41, 5.74) is 2.80. The summed E-state index contributed by atoms with van der Waals surface area (Å²) < 4.78 is 68.3. The van der Waals surface area contributed by atoms with Crippen molar-refractivity contribution < 1.29 is 42.1 Å². The van der Waals surface area contributed by atoms with Gasteiger partial charge in [-0.05, 0) is 22.9 Å². The van der Waals surface area contributed by atoms with E-state index in [9.17, 15) is 22.0 Å². The van der Waals surface area contributed by atoms with Gasteiger partial charge in [-0.1, -0.05) is 35.9 Å². The SMILES string of the molecule is Fc1c(F)c(F)c(-c2c[c-]c(-c3cc4c5c(cccc5n3)C=C4)cc2)c(F)c1F.[Ir]. The number of hydrogen-bond acceptors (Lipinski definition) is 1. The Kier molecular flexibility index (Phi) is 5.04. The van der Waals surface area contributed by atoms with Gasteiger partial charge in [0.1, 0.15) is 0 Å². The molecule has 0 N–H and O–H groups in total. The second-order valence-corrected chi connectivity index (χ2v) is 6.61. The number of rotatable bonds is 2. The van der Waals surface area contributed by atoms with Crippen molar-refractivity contribution >= 4 is 23.1 Å². The minimum Gasteiger partial charge on any atom is -0.296 e. The van der Waals surface area contributed by atoms with E-state index < -0.39 is 34.6 Å². The maximum atomic E-state index is 14.0. The topological polar surface area (TPSA) is 12.9 Å². The Labute approximate surface area is 181 Å². The molecule has 1 aromatic heterocycles. The summed E-state index contributed by atoms with van der Waals surface area (Å²) in [7, 11) is 0.